The zero-order chi connectivity index (χ0) is 26.5. The molecule has 0 radical (unpaired) electrons. The lowest BCUT2D eigenvalue weighted by molar-refractivity contribution is 0.102. The van der Waals surface area contributed by atoms with Crippen LogP contribution in [0.2, 0.25) is 0 Å². The first-order valence-corrected chi connectivity index (χ1v) is 13.1. The van der Waals surface area contributed by atoms with E-state index >= 15 is 0 Å². The zero-order valence-electron chi connectivity index (χ0n) is 21.3. The number of benzene rings is 3. The van der Waals surface area contributed by atoms with Crippen molar-refractivity contribution in [3.8, 4) is 11.4 Å². The van der Waals surface area contributed by atoms with Crippen molar-refractivity contribution in [3.63, 3.8) is 0 Å². The highest BCUT2D eigenvalue weighted by atomic mass is 32.2. The van der Waals surface area contributed by atoms with E-state index in [-0.39, 0.29) is 11.6 Å². The van der Waals surface area contributed by atoms with Gasteiger partial charge in [-0.05, 0) is 66.9 Å². The largest absolute Gasteiger partial charge is 0.497 e. The molecule has 0 saturated heterocycles. The van der Waals surface area contributed by atoms with Crippen LogP contribution in [0, 0.1) is 13.8 Å². The first-order chi connectivity index (χ1) is 18.5. The zero-order valence-corrected chi connectivity index (χ0v) is 22.2. The Morgan fingerprint density at radius 1 is 1.00 bits per heavy atom. The Bertz CT molecular complexity index is 1540. The quantitative estimate of drug-likeness (QED) is 0.235. The van der Waals surface area contributed by atoms with Crippen molar-refractivity contribution in [2.75, 3.05) is 12.4 Å². The molecule has 192 valence electrons. The summed E-state index contributed by atoms with van der Waals surface area (Å²) in [4.78, 5) is 17.1. The first kappa shape index (κ1) is 25.3. The van der Waals surface area contributed by atoms with Crippen LogP contribution in [-0.2, 0) is 12.2 Å². The lowest BCUT2D eigenvalue weighted by Gasteiger charge is -2.11. The molecule has 0 atom stereocenters. The number of aromatic nitrogens is 4. The number of anilines is 1. The van der Waals surface area contributed by atoms with E-state index in [0.29, 0.717) is 23.2 Å². The maximum atomic E-state index is 12.7. The molecule has 5 aromatic rings. The number of hydrogen-bond acceptors (Lipinski definition) is 7. The summed E-state index contributed by atoms with van der Waals surface area (Å²) in [6.07, 6.45) is 2.00. The molecule has 9 heteroatoms. The Morgan fingerprint density at radius 2 is 1.79 bits per heavy atom. The van der Waals surface area contributed by atoms with Crippen molar-refractivity contribution >= 4 is 23.4 Å². The van der Waals surface area contributed by atoms with Crippen LogP contribution in [0.1, 0.15) is 38.9 Å². The standard InChI is InChI=1S/C29H27N5O3S/c1-19-9-10-22(15-20(19)2)30-28(35)25-17-37-27(31-25)18-38-29-33-32-26(16-21-7-5-4-6-8-21)34(29)23-11-13-24(36-3)14-12-23/h4-15,17H,16,18H2,1-3H3,(H,30,35). The van der Waals surface area contributed by atoms with E-state index in [2.05, 4.69) is 32.6 Å². The molecule has 1 N–H and O–H groups in total. The summed E-state index contributed by atoms with van der Waals surface area (Å²) >= 11 is 1.44. The van der Waals surface area contributed by atoms with Gasteiger partial charge in [0.15, 0.2) is 10.9 Å². The van der Waals surface area contributed by atoms with Crippen LogP contribution < -0.4 is 10.1 Å². The second-order valence-electron chi connectivity index (χ2n) is 8.76. The molecule has 3 aromatic carbocycles. The van der Waals surface area contributed by atoms with Crippen LogP contribution in [0.15, 0.2) is 88.6 Å². The van der Waals surface area contributed by atoms with Crippen LogP contribution in [0.5, 0.6) is 5.75 Å². The van der Waals surface area contributed by atoms with Crippen LogP contribution >= 0.6 is 11.8 Å². The van der Waals surface area contributed by atoms with Gasteiger partial charge in [-0.15, -0.1) is 10.2 Å². The third-order valence-corrected chi connectivity index (χ3v) is 7.02. The minimum atomic E-state index is -0.320. The molecule has 2 aromatic heterocycles. The molecule has 0 aliphatic carbocycles. The fourth-order valence-electron chi connectivity index (χ4n) is 3.90. The summed E-state index contributed by atoms with van der Waals surface area (Å²) in [5.41, 5.74) is 5.27. The van der Waals surface area contributed by atoms with Crippen LogP contribution in [0.25, 0.3) is 5.69 Å². The molecule has 38 heavy (non-hydrogen) atoms. The molecule has 0 aliphatic heterocycles. The molecular weight excluding hydrogens is 498 g/mol. The van der Waals surface area contributed by atoms with Gasteiger partial charge in [0.2, 0.25) is 5.89 Å². The third-order valence-electron chi connectivity index (χ3n) is 6.11. The topological polar surface area (TPSA) is 95.1 Å². The van der Waals surface area contributed by atoms with E-state index in [9.17, 15) is 4.79 Å². The number of carbonyl (C=O) groups is 1. The smallest absolute Gasteiger partial charge is 0.277 e. The number of oxazole rings is 1. The van der Waals surface area contributed by atoms with Gasteiger partial charge in [-0.2, -0.15) is 0 Å². The number of hydrogen-bond donors (Lipinski definition) is 1. The van der Waals surface area contributed by atoms with Crippen LogP contribution in [0.4, 0.5) is 5.69 Å². The van der Waals surface area contributed by atoms with Crippen molar-refractivity contribution < 1.29 is 13.9 Å². The predicted octanol–water partition coefficient (Wildman–Crippen LogP) is 6.02. The van der Waals surface area contributed by atoms with Gasteiger partial charge in [0.1, 0.15) is 17.8 Å². The summed E-state index contributed by atoms with van der Waals surface area (Å²) in [7, 11) is 1.64. The second-order valence-corrected chi connectivity index (χ2v) is 9.71. The number of ether oxygens (including phenoxy) is 1. The monoisotopic (exact) mass is 525 g/mol. The minimum Gasteiger partial charge on any atom is -0.497 e. The molecule has 5 rings (SSSR count). The summed E-state index contributed by atoms with van der Waals surface area (Å²) in [6, 6.07) is 23.7. The van der Waals surface area contributed by atoms with Gasteiger partial charge in [0, 0.05) is 17.8 Å². The van der Waals surface area contributed by atoms with E-state index in [1.54, 1.807) is 7.11 Å². The Kier molecular flexibility index (Phi) is 7.55. The predicted molar refractivity (Wildman–Crippen MR) is 147 cm³/mol. The van der Waals surface area contributed by atoms with E-state index in [0.717, 1.165) is 39.6 Å². The van der Waals surface area contributed by atoms with Gasteiger partial charge in [0.05, 0.1) is 12.9 Å². The molecule has 0 saturated carbocycles. The summed E-state index contributed by atoms with van der Waals surface area (Å²) in [5, 5.41) is 12.5. The fourth-order valence-corrected chi connectivity index (χ4v) is 4.72. The molecule has 0 aliphatic rings. The summed E-state index contributed by atoms with van der Waals surface area (Å²) < 4.78 is 12.9. The van der Waals surface area contributed by atoms with E-state index in [1.165, 1.54) is 18.0 Å². The highest BCUT2D eigenvalue weighted by Crippen LogP contribution is 2.27. The van der Waals surface area contributed by atoms with Gasteiger partial charge in [-0.1, -0.05) is 48.2 Å². The maximum Gasteiger partial charge on any atom is 0.277 e. The average Bonchev–Trinajstić information content (AvgIpc) is 3.57. The Hall–Kier alpha value is -4.37. The first-order valence-electron chi connectivity index (χ1n) is 12.1. The van der Waals surface area contributed by atoms with Crippen molar-refractivity contribution in [1.82, 2.24) is 19.7 Å². The Morgan fingerprint density at radius 3 is 2.53 bits per heavy atom. The lowest BCUT2D eigenvalue weighted by Crippen LogP contribution is -2.12. The number of thioether (sulfide) groups is 1. The number of rotatable bonds is 9. The third kappa shape index (κ3) is 5.78. The molecule has 1 amide bonds. The van der Waals surface area contributed by atoms with Gasteiger partial charge in [0.25, 0.3) is 5.91 Å². The Labute approximate surface area is 225 Å². The van der Waals surface area contributed by atoms with Gasteiger partial charge in [-0.3, -0.25) is 9.36 Å². The SMILES string of the molecule is COc1ccc(-n2c(Cc3ccccc3)nnc2SCc2nc(C(=O)Nc3ccc(C)c(C)c3)co2)cc1. The van der Waals surface area contributed by atoms with Gasteiger partial charge < -0.3 is 14.5 Å². The molecule has 8 nitrogen and oxygen atoms in total. The highest BCUT2D eigenvalue weighted by Gasteiger charge is 2.18. The normalized spacial score (nSPS) is 10.9. The molecule has 0 bridgehead atoms. The van der Waals surface area contributed by atoms with Crippen molar-refractivity contribution in [2.24, 2.45) is 0 Å². The van der Waals surface area contributed by atoms with Crippen LogP contribution in [0.3, 0.4) is 0 Å². The molecular formula is C29H27N5O3S. The minimum absolute atomic E-state index is 0.222. The number of methoxy groups -OCH3 is 1. The fraction of sp³-hybridized carbons (Fsp3) is 0.172. The molecule has 0 unspecified atom stereocenters. The molecule has 0 spiro atoms. The maximum absolute atomic E-state index is 12.7. The van der Waals surface area contributed by atoms with Crippen molar-refractivity contribution in [1.29, 1.82) is 0 Å². The van der Waals surface area contributed by atoms with Gasteiger partial charge >= 0.3 is 0 Å². The summed E-state index contributed by atoms with van der Waals surface area (Å²) in [6.45, 7) is 4.04. The number of carbonyl (C=O) groups excluding carboxylic acids is 1. The number of aryl methyl sites for hydroxylation is 2. The van der Waals surface area contributed by atoms with E-state index in [4.69, 9.17) is 9.15 Å². The molecule has 2 heterocycles. The van der Waals surface area contributed by atoms with Crippen molar-refractivity contribution in [3.05, 3.63) is 113 Å². The number of amides is 1. The van der Waals surface area contributed by atoms with E-state index < -0.39 is 0 Å². The number of nitrogens with zero attached hydrogens (tertiary/aromatic N) is 4. The number of nitrogens with one attached hydrogen (secondary N) is 1. The van der Waals surface area contributed by atoms with Gasteiger partial charge in [-0.25, -0.2) is 4.98 Å². The summed E-state index contributed by atoms with van der Waals surface area (Å²) in [5.74, 6) is 2.07. The highest BCUT2D eigenvalue weighted by molar-refractivity contribution is 7.98. The molecule has 0 fully saturated rings. The van der Waals surface area contributed by atoms with E-state index in [1.807, 2.05) is 79.1 Å². The van der Waals surface area contributed by atoms with Crippen LogP contribution in [-0.4, -0.2) is 32.8 Å². The van der Waals surface area contributed by atoms with Crippen molar-refractivity contribution in [2.45, 2.75) is 31.2 Å². The average molecular weight is 526 g/mol. The Balaban J connectivity index is 1.33. The second kappa shape index (κ2) is 11.4. The lowest BCUT2D eigenvalue weighted by atomic mass is 10.1.